The normalized spacial score (nSPS) is 22.8. The number of nitrogen functional groups attached to an aromatic ring is 1. The van der Waals surface area contributed by atoms with Gasteiger partial charge in [-0.05, 0) is 50.3 Å². The number of aromatic nitrogens is 1. The standard InChI is InChI=1S/C15H24N4/c16-18-14-13(4-3-9-17-14)12-19-10-7-15(8-11-19)5-1-2-6-15/h3-4,9H,1-2,5-8,10-12,16H2,(H,17,18). The molecule has 4 nitrogen and oxygen atoms in total. The Labute approximate surface area is 115 Å². The van der Waals surface area contributed by atoms with Crippen molar-refractivity contribution in [3.63, 3.8) is 0 Å². The van der Waals surface area contributed by atoms with Gasteiger partial charge in [0, 0.05) is 18.3 Å². The van der Waals surface area contributed by atoms with E-state index < -0.39 is 0 Å². The summed E-state index contributed by atoms with van der Waals surface area (Å²) >= 11 is 0. The molecule has 104 valence electrons. The largest absolute Gasteiger partial charge is 0.308 e. The first kappa shape index (κ1) is 12.9. The SMILES string of the molecule is NNc1ncccc1CN1CCC2(CCCC2)CC1. The summed E-state index contributed by atoms with van der Waals surface area (Å²) in [5.41, 5.74) is 4.59. The van der Waals surface area contributed by atoms with E-state index >= 15 is 0 Å². The smallest absolute Gasteiger partial charge is 0.144 e. The number of piperidine rings is 1. The van der Waals surface area contributed by atoms with Crippen LogP contribution in [0.5, 0.6) is 0 Å². The maximum atomic E-state index is 5.52. The van der Waals surface area contributed by atoms with Crippen LogP contribution in [-0.4, -0.2) is 23.0 Å². The maximum Gasteiger partial charge on any atom is 0.144 e. The highest BCUT2D eigenvalue weighted by Gasteiger charge is 2.36. The van der Waals surface area contributed by atoms with E-state index in [1.807, 2.05) is 6.07 Å². The van der Waals surface area contributed by atoms with Crippen molar-refractivity contribution >= 4 is 5.82 Å². The predicted octanol–water partition coefficient (Wildman–Crippen LogP) is 2.52. The maximum absolute atomic E-state index is 5.52. The highest BCUT2D eigenvalue weighted by atomic mass is 15.3. The molecule has 0 radical (unpaired) electrons. The minimum Gasteiger partial charge on any atom is -0.308 e. The van der Waals surface area contributed by atoms with Crippen LogP contribution in [0.2, 0.25) is 0 Å². The van der Waals surface area contributed by atoms with Crippen molar-refractivity contribution in [3.8, 4) is 0 Å². The molecule has 1 aromatic rings. The fourth-order valence-corrected chi connectivity index (χ4v) is 3.75. The second kappa shape index (κ2) is 5.47. The Balaban J connectivity index is 1.60. The molecule has 0 atom stereocenters. The Bertz CT molecular complexity index is 416. The second-order valence-corrected chi connectivity index (χ2v) is 6.14. The number of nitrogens with two attached hydrogens (primary N) is 1. The van der Waals surface area contributed by atoms with Crippen molar-refractivity contribution in [2.45, 2.75) is 45.1 Å². The van der Waals surface area contributed by atoms with Gasteiger partial charge < -0.3 is 5.43 Å². The van der Waals surface area contributed by atoms with Crippen LogP contribution >= 0.6 is 0 Å². The van der Waals surface area contributed by atoms with Crippen LogP contribution in [0.15, 0.2) is 18.3 Å². The van der Waals surface area contributed by atoms with E-state index in [0.29, 0.717) is 5.41 Å². The molecule has 0 bridgehead atoms. The fraction of sp³-hybridized carbons (Fsp3) is 0.667. The molecule has 3 N–H and O–H groups in total. The summed E-state index contributed by atoms with van der Waals surface area (Å²) in [6, 6.07) is 4.10. The third kappa shape index (κ3) is 2.74. The topological polar surface area (TPSA) is 54.2 Å². The van der Waals surface area contributed by atoms with E-state index in [4.69, 9.17) is 5.84 Å². The number of pyridine rings is 1. The number of nitrogens with zero attached hydrogens (tertiary/aromatic N) is 2. The number of rotatable bonds is 3. The zero-order chi connectivity index (χ0) is 13.1. The first-order chi connectivity index (χ1) is 9.31. The Morgan fingerprint density at radius 1 is 1.21 bits per heavy atom. The number of anilines is 1. The fourth-order valence-electron chi connectivity index (χ4n) is 3.75. The predicted molar refractivity (Wildman–Crippen MR) is 77.5 cm³/mol. The Morgan fingerprint density at radius 3 is 2.63 bits per heavy atom. The second-order valence-electron chi connectivity index (χ2n) is 6.14. The molecule has 2 aliphatic rings. The third-order valence-electron chi connectivity index (χ3n) is 5.00. The Kier molecular flexibility index (Phi) is 3.71. The number of likely N-dealkylation sites (tertiary alicyclic amines) is 1. The molecule has 4 heteroatoms. The zero-order valence-electron chi connectivity index (χ0n) is 11.6. The highest BCUT2D eigenvalue weighted by Crippen LogP contribution is 2.46. The summed E-state index contributed by atoms with van der Waals surface area (Å²) in [6.07, 6.45) is 10.3. The Morgan fingerprint density at radius 2 is 1.95 bits per heavy atom. The molecule has 0 unspecified atom stereocenters. The van der Waals surface area contributed by atoms with E-state index in [2.05, 4.69) is 21.4 Å². The molecular formula is C15H24N4. The number of hydrazine groups is 1. The van der Waals surface area contributed by atoms with Crippen LogP contribution in [0.4, 0.5) is 5.82 Å². The minimum absolute atomic E-state index is 0.695. The van der Waals surface area contributed by atoms with E-state index in [9.17, 15) is 0 Å². The van der Waals surface area contributed by atoms with Gasteiger partial charge in [0.1, 0.15) is 5.82 Å². The van der Waals surface area contributed by atoms with Gasteiger partial charge in [0.15, 0.2) is 0 Å². The summed E-state index contributed by atoms with van der Waals surface area (Å²) in [6.45, 7) is 3.40. The molecule has 0 aromatic carbocycles. The Hall–Kier alpha value is -1.13. The molecule has 3 rings (SSSR count). The minimum atomic E-state index is 0.695. The molecule has 1 saturated carbocycles. The highest BCUT2D eigenvalue weighted by molar-refractivity contribution is 5.42. The average Bonchev–Trinajstić information content (AvgIpc) is 2.91. The van der Waals surface area contributed by atoms with Gasteiger partial charge in [0.2, 0.25) is 0 Å². The lowest BCUT2D eigenvalue weighted by atomic mass is 9.77. The monoisotopic (exact) mass is 260 g/mol. The summed E-state index contributed by atoms with van der Waals surface area (Å²) < 4.78 is 0. The number of hydrogen-bond donors (Lipinski definition) is 2. The lowest BCUT2D eigenvalue weighted by Gasteiger charge is -2.39. The van der Waals surface area contributed by atoms with Crippen molar-refractivity contribution in [2.75, 3.05) is 18.5 Å². The van der Waals surface area contributed by atoms with Gasteiger partial charge in [0.25, 0.3) is 0 Å². The first-order valence-corrected chi connectivity index (χ1v) is 7.44. The number of nitrogens with one attached hydrogen (secondary N) is 1. The molecule has 2 heterocycles. The average molecular weight is 260 g/mol. The van der Waals surface area contributed by atoms with Crippen molar-refractivity contribution < 1.29 is 0 Å². The van der Waals surface area contributed by atoms with Gasteiger partial charge in [-0.2, -0.15) is 0 Å². The molecule has 1 aliphatic heterocycles. The van der Waals surface area contributed by atoms with Crippen LogP contribution < -0.4 is 11.3 Å². The van der Waals surface area contributed by atoms with E-state index in [1.165, 1.54) is 57.2 Å². The van der Waals surface area contributed by atoms with Crippen molar-refractivity contribution in [2.24, 2.45) is 11.3 Å². The van der Waals surface area contributed by atoms with Gasteiger partial charge in [-0.1, -0.05) is 18.9 Å². The molecule has 1 saturated heterocycles. The summed E-state index contributed by atoms with van der Waals surface area (Å²) in [4.78, 5) is 6.81. The summed E-state index contributed by atoms with van der Waals surface area (Å²) in [7, 11) is 0. The van der Waals surface area contributed by atoms with Crippen LogP contribution in [0.25, 0.3) is 0 Å². The van der Waals surface area contributed by atoms with E-state index in [-0.39, 0.29) is 0 Å². The zero-order valence-corrected chi connectivity index (χ0v) is 11.6. The quantitative estimate of drug-likeness (QED) is 0.648. The summed E-state index contributed by atoms with van der Waals surface area (Å²) in [5.74, 6) is 6.33. The van der Waals surface area contributed by atoms with Crippen molar-refractivity contribution in [1.29, 1.82) is 0 Å². The number of hydrogen-bond acceptors (Lipinski definition) is 4. The van der Waals surface area contributed by atoms with E-state index in [1.54, 1.807) is 6.20 Å². The summed E-state index contributed by atoms with van der Waals surface area (Å²) in [5, 5.41) is 0. The molecule has 1 aliphatic carbocycles. The van der Waals surface area contributed by atoms with Gasteiger partial charge in [-0.25, -0.2) is 10.8 Å². The van der Waals surface area contributed by atoms with Gasteiger partial charge in [-0.15, -0.1) is 0 Å². The molecular weight excluding hydrogens is 236 g/mol. The van der Waals surface area contributed by atoms with Gasteiger partial charge in [0.05, 0.1) is 0 Å². The van der Waals surface area contributed by atoms with E-state index in [0.717, 1.165) is 12.4 Å². The van der Waals surface area contributed by atoms with Crippen LogP contribution in [0.3, 0.4) is 0 Å². The lowest BCUT2D eigenvalue weighted by Crippen LogP contribution is -2.38. The van der Waals surface area contributed by atoms with Crippen LogP contribution in [0.1, 0.15) is 44.1 Å². The van der Waals surface area contributed by atoms with Crippen LogP contribution in [-0.2, 0) is 6.54 Å². The van der Waals surface area contributed by atoms with Crippen LogP contribution in [0, 0.1) is 5.41 Å². The molecule has 2 fully saturated rings. The van der Waals surface area contributed by atoms with Crippen molar-refractivity contribution in [3.05, 3.63) is 23.9 Å². The molecule has 1 spiro atoms. The van der Waals surface area contributed by atoms with Crippen molar-refractivity contribution in [1.82, 2.24) is 9.88 Å². The molecule has 0 amide bonds. The lowest BCUT2D eigenvalue weighted by molar-refractivity contribution is 0.104. The van der Waals surface area contributed by atoms with Gasteiger partial charge >= 0.3 is 0 Å². The van der Waals surface area contributed by atoms with Gasteiger partial charge in [-0.3, -0.25) is 4.90 Å². The first-order valence-electron chi connectivity index (χ1n) is 7.44. The molecule has 1 aromatic heterocycles. The third-order valence-corrected chi connectivity index (χ3v) is 5.00. The molecule has 19 heavy (non-hydrogen) atoms.